The smallest absolute Gasteiger partial charge is 0.462 e. The maximum absolute atomic E-state index is 13.1. The van der Waals surface area contributed by atoms with E-state index in [9.17, 15) is 63.1 Å². The minimum Gasteiger partial charge on any atom is -0.462 e. The van der Waals surface area contributed by atoms with Crippen LogP contribution in [0, 0.1) is 0 Å². The van der Waals surface area contributed by atoms with Crippen LogP contribution in [0.3, 0.4) is 0 Å². The zero-order chi connectivity index (χ0) is 51.4. The molecule has 1 rings (SSSR count). The zero-order valence-electron chi connectivity index (χ0n) is 40.9. The van der Waals surface area contributed by atoms with Crippen LogP contribution in [0.5, 0.6) is 0 Å². The molecule has 0 aliphatic heterocycles. The molecule has 69 heavy (non-hydrogen) atoms. The molecule has 22 heteroatoms. The fourth-order valence-electron chi connectivity index (χ4n) is 7.36. The van der Waals surface area contributed by atoms with Crippen LogP contribution in [0.1, 0.15) is 181 Å². The summed E-state index contributed by atoms with van der Waals surface area (Å²) >= 11 is 0. The molecule has 0 bridgehead atoms. The number of hydrogen-bond donors (Lipinski definition) is 8. The number of allylic oxidation sites excluding steroid dienone is 8. The Morgan fingerprint density at radius 2 is 0.855 bits per heavy atom. The van der Waals surface area contributed by atoms with Gasteiger partial charge >= 0.3 is 35.4 Å². The van der Waals surface area contributed by atoms with E-state index < -0.39 is 91.3 Å². The van der Waals surface area contributed by atoms with Crippen molar-refractivity contribution >= 4 is 35.4 Å². The quantitative estimate of drug-likeness (QED) is 0.0122. The Labute approximate surface area is 410 Å². The number of aliphatic hydroxyl groups is 3. The van der Waals surface area contributed by atoms with Gasteiger partial charge in [-0.05, 0) is 70.6 Å². The van der Waals surface area contributed by atoms with Gasteiger partial charge in [0.15, 0.2) is 6.10 Å². The topological polar surface area (TPSA) is 303 Å². The Morgan fingerprint density at radius 3 is 1.36 bits per heavy atom. The number of unbranched alkanes of at least 4 members (excludes halogenated alkanes) is 18. The van der Waals surface area contributed by atoms with Gasteiger partial charge in [-0.15, -0.1) is 0 Å². The third-order valence-electron chi connectivity index (χ3n) is 11.1. The van der Waals surface area contributed by atoms with Crippen LogP contribution in [0.25, 0.3) is 0 Å². The summed E-state index contributed by atoms with van der Waals surface area (Å²) in [5.41, 5.74) is 0. The first-order valence-corrected chi connectivity index (χ1v) is 29.5. The van der Waals surface area contributed by atoms with Gasteiger partial charge in [-0.25, -0.2) is 13.7 Å². The van der Waals surface area contributed by atoms with Crippen molar-refractivity contribution in [1.82, 2.24) is 0 Å². The van der Waals surface area contributed by atoms with Gasteiger partial charge in [-0.3, -0.25) is 27.7 Å². The normalized spacial score (nSPS) is 21.7. The second kappa shape index (κ2) is 38.7. The third-order valence-corrected chi connectivity index (χ3v) is 13.1. The first-order valence-electron chi connectivity index (χ1n) is 24.9. The number of rotatable bonds is 42. The lowest BCUT2D eigenvalue weighted by Crippen LogP contribution is -2.65. The van der Waals surface area contributed by atoms with E-state index in [1.54, 1.807) is 0 Å². The number of aliphatic hydroxyl groups excluding tert-OH is 3. The van der Waals surface area contributed by atoms with Crippen molar-refractivity contribution in [3.8, 4) is 0 Å². The number of esters is 2. The minimum absolute atomic E-state index is 0.00683. The van der Waals surface area contributed by atoms with Gasteiger partial charge in [0, 0.05) is 12.8 Å². The highest BCUT2D eigenvalue weighted by atomic mass is 31.2. The number of phosphoric acid groups is 3. The van der Waals surface area contributed by atoms with E-state index in [1.807, 2.05) is 12.2 Å². The predicted molar refractivity (Wildman–Crippen MR) is 261 cm³/mol. The fourth-order valence-corrected chi connectivity index (χ4v) is 9.45. The highest BCUT2D eigenvalue weighted by molar-refractivity contribution is 7.47. The van der Waals surface area contributed by atoms with Crippen LogP contribution in [0.4, 0.5) is 0 Å². The van der Waals surface area contributed by atoms with Crippen LogP contribution in [-0.4, -0.2) is 108 Å². The molecule has 0 spiro atoms. The van der Waals surface area contributed by atoms with Gasteiger partial charge < -0.3 is 49.3 Å². The summed E-state index contributed by atoms with van der Waals surface area (Å²) in [6, 6.07) is 0. The minimum atomic E-state index is -5.61. The molecule has 19 nitrogen and oxygen atoms in total. The molecular weight excluding hydrogens is 961 g/mol. The molecule has 1 saturated carbocycles. The lowest BCUT2D eigenvalue weighted by Gasteiger charge is -2.44. The van der Waals surface area contributed by atoms with Crippen LogP contribution in [0.15, 0.2) is 48.6 Å². The first kappa shape index (κ1) is 65.1. The molecule has 402 valence electrons. The van der Waals surface area contributed by atoms with E-state index in [-0.39, 0.29) is 12.8 Å². The molecule has 0 saturated heterocycles. The van der Waals surface area contributed by atoms with Gasteiger partial charge in [0.1, 0.15) is 43.2 Å². The molecule has 0 aromatic rings. The summed E-state index contributed by atoms with van der Waals surface area (Å²) in [6.07, 6.45) is 25.6. The molecule has 1 aliphatic carbocycles. The molecule has 0 radical (unpaired) electrons. The Bertz CT molecular complexity index is 1630. The maximum atomic E-state index is 13.1. The zero-order valence-corrected chi connectivity index (χ0v) is 43.6. The van der Waals surface area contributed by atoms with Crippen LogP contribution in [-0.2, 0) is 50.9 Å². The average molecular weight is 1050 g/mol. The predicted octanol–water partition coefficient (Wildman–Crippen LogP) is 9.40. The molecule has 1 aliphatic rings. The monoisotopic (exact) mass is 1050 g/mol. The van der Waals surface area contributed by atoms with Crippen LogP contribution < -0.4 is 0 Å². The number of hydrogen-bond acceptors (Lipinski definition) is 14. The van der Waals surface area contributed by atoms with Gasteiger partial charge in [-0.2, -0.15) is 0 Å². The Kier molecular flexibility index (Phi) is 36.5. The van der Waals surface area contributed by atoms with E-state index in [4.69, 9.17) is 18.5 Å². The van der Waals surface area contributed by atoms with E-state index in [2.05, 4.69) is 59.4 Å². The lowest BCUT2D eigenvalue weighted by atomic mass is 9.85. The summed E-state index contributed by atoms with van der Waals surface area (Å²) in [5, 5.41) is 31.9. The first-order chi connectivity index (χ1) is 32.8. The molecule has 0 aromatic heterocycles. The SMILES string of the molecule is CCCCCCC=CCCCCCCCCCC(=O)OC(COC(=O)CCCC=CCC=CCC=CCCCCCCCC)COP(=O)(O)OC1C(O)C(O)C(OP(=O)(O)O)C(OP(=O)(O)O)C1O. The van der Waals surface area contributed by atoms with Crippen LogP contribution >= 0.6 is 23.5 Å². The second-order valence-electron chi connectivity index (χ2n) is 17.4. The van der Waals surface area contributed by atoms with Crippen molar-refractivity contribution in [3.63, 3.8) is 0 Å². The van der Waals surface area contributed by atoms with Crippen molar-refractivity contribution in [3.05, 3.63) is 48.6 Å². The summed E-state index contributed by atoms with van der Waals surface area (Å²) < 4.78 is 65.5. The molecule has 8 atom stereocenters. The number of phosphoric ester groups is 3. The van der Waals surface area contributed by atoms with Gasteiger partial charge in [0.05, 0.1) is 6.61 Å². The Hall–Kier alpha value is -1.89. The van der Waals surface area contributed by atoms with E-state index in [0.717, 1.165) is 70.6 Å². The summed E-state index contributed by atoms with van der Waals surface area (Å²) in [6.45, 7) is 2.89. The molecule has 0 amide bonds. The lowest BCUT2D eigenvalue weighted by molar-refractivity contribution is -0.213. The average Bonchev–Trinajstić information content (AvgIpc) is 3.28. The third kappa shape index (κ3) is 35.0. The Morgan fingerprint density at radius 1 is 0.464 bits per heavy atom. The second-order valence-corrected chi connectivity index (χ2v) is 21.2. The van der Waals surface area contributed by atoms with E-state index >= 15 is 0 Å². The maximum Gasteiger partial charge on any atom is 0.472 e. The van der Waals surface area contributed by atoms with E-state index in [0.29, 0.717) is 19.3 Å². The molecular formula is C47H85O19P3. The highest BCUT2D eigenvalue weighted by Crippen LogP contribution is 2.51. The van der Waals surface area contributed by atoms with Crippen molar-refractivity contribution in [2.45, 2.75) is 224 Å². The largest absolute Gasteiger partial charge is 0.472 e. The number of carbonyl (C=O) groups excluding carboxylic acids is 2. The van der Waals surface area contributed by atoms with E-state index in [1.165, 1.54) is 64.2 Å². The molecule has 0 aromatic carbocycles. The summed E-state index contributed by atoms with van der Waals surface area (Å²) in [7, 11) is -16.6. The standard InChI is InChI=1S/C47H85O19P3/c1-3-5-7-9-11-13-15-17-19-20-22-23-25-27-29-31-33-35-40(48)61-37-39(63-41(49)36-34-32-30-28-26-24-21-18-16-14-12-10-8-6-4-2)38-62-69(59,60)66-45-42(50)43(51)46(64-67(53,54)55)47(44(45)52)65-68(56,57)58/h14,16-17,19,22-23,27,29,39,42-47,50-52H,3-13,15,18,20-21,24-26,28,30-38H2,1-2H3,(H,59,60)(H2,53,54,55)(H2,56,57,58). The van der Waals surface area contributed by atoms with Gasteiger partial charge in [0.2, 0.25) is 0 Å². The highest BCUT2D eigenvalue weighted by Gasteiger charge is 2.56. The number of ether oxygens (including phenoxy) is 2. The van der Waals surface area contributed by atoms with Crippen LogP contribution in [0.2, 0.25) is 0 Å². The molecule has 8 unspecified atom stereocenters. The molecule has 8 N–H and O–H groups in total. The molecule has 1 fully saturated rings. The van der Waals surface area contributed by atoms with Crippen molar-refractivity contribution < 1.29 is 90.6 Å². The van der Waals surface area contributed by atoms with Gasteiger partial charge in [-0.1, -0.05) is 146 Å². The number of carbonyl (C=O) groups is 2. The summed E-state index contributed by atoms with van der Waals surface area (Å²) in [4.78, 5) is 73.2. The van der Waals surface area contributed by atoms with Crippen molar-refractivity contribution in [2.24, 2.45) is 0 Å². The molecule has 0 heterocycles. The summed E-state index contributed by atoms with van der Waals surface area (Å²) in [5.74, 6) is -1.36. The van der Waals surface area contributed by atoms with Crippen molar-refractivity contribution in [2.75, 3.05) is 13.2 Å². The van der Waals surface area contributed by atoms with Gasteiger partial charge in [0.25, 0.3) is 0 Å². The Balaban J connectivity index is 2.75. The van der Waals surface area contributed by atoms with Crippen molar-refractivity contribution in [1.29, 1.82) is 0 Å². The fraction of sp³-hybridized carbons (Fsp3) is 0.787.